The zero-order valence-corrected chi connectivity index (χ0v) is 13.9. The lowest BCUT2D eigenvalue weighted by Crippen LogP contribution is -2.42. The molecule has 1 unspecified atom stereocenters. The standard InChI is InChI=1S/C18H26FN5/c1-2-21-11-3-4-17(23-16-7-5-14(19)6-8-16)12-18(24-20)13-22-15-9-10-15/h5-8,12,15,18,22-24H,1,3-4,9-11,13,20H2/b17-12-. The molecule has 6 heteroatoms. The predicted molar refractivity (Wildman–Crippen MR) is 97.4 cm³/mol. The number of hydrogen-bond donors (Lipinski definition) is 4. The van der Waals surface area contributed by atoms with E-state index in [1.807, 2.05) is 0 Å². The summed E-state index contributed by atoms with van der Waals surface area (Å²) in [4.78, 5) is 4.01. The van der Waals surface area contributed by atoms with Crippen molar-refractivity contribution in [3.63, 3.8) is 0 Å². The predicted octanol–water partition coefficient (Wildman–Crippen LogP) is 2.34. The number of hydrazine groups is 1. The second-order valence-corrected chi connectivity index (χ2v) is 5.92. The summed E-state index contributed by atoms with van der Waals surface area (Å²) in [5.74, 6) is 7.96. The number of hydrogen-bond acceptors (Lipinski definition) is 5. The van der Waals surface area contributed by atoms with Gasteiger partial charge in [-0.1, -0.05) is 0 Å². The van der Waals surface area contributed by atoms with Gasteiger partial charge in [-0.3, -0.25) is 11.3 Å². The number of rotatable bonds is 11. The molecule has 1 aliphatic rings. The van der Waals surface area contributed by atoms with E-state index in [1.165, 1.54) is 25.0 Å². The maximum atomic E-state index is 13.1. The van der Waals surface area contributed by atoms with E-state index >= 15 is 0 Å². The first-order valence-electron chi connectivity index (χ1n) is 8.32. The number of benzene rings is 1. The van der Waals surface area contributed by atoms with Crippen LogP contribution in [0.2, 0.25) is 0 Å². The van der Waals surface area contributed by atoms with Crippen LogP contribution in [0.4, 0.5) is 10.1 Å². The highest BCUT2D eigenvalue weighted by atomic mass is 19.1. The molecule has 2 rings (SSSR count). The SMILES string of the molecule is C=C=NCCC/C(=C/C(CNC1CC1)NN)Nc1ccc(F)cc1. The lowest BCUT2D eigenvalue weighted by atomic mass is 10.1. The van der Waals surface area contributed by atoms with Crippen LogP contribution in [0.15, 0.2) is 47.6 Å². The third-order valence-electron chi connectivity index (χ3n) is 3.80. The fourth-order valence-corrected chi connectivity index (χ4v) is 2.32. The third-order valence-corrected chi connectivity index (χ3v) is 3.80. The molecular weight excluding hydrogens is 305 g/mol. The minimum absolute atomic E-state index is 0.0245. The Labute approximate surface area is 142 Å². The Balaban J connectivity index is 1.99. The zero-order chi connectivity index (χ0) is 17.2. The third kappa shape index (κ3) is 7.06. The molecule has 1 aromatic rings. The minimum atomic E-state index is -0.249. The first-order valence-corrected chi connectivity index (χ1v) is 8.32. The lowest BCUT2D eigenvalue weighted by molar-refractivity contribution is 0.546. The molecule has 0 aromatic heterocycles. The molecule has 5 nitrogen and oxygen atoms in total. The lowest BCUT2D eigenvalue weighted by Gasteiger charge is -2.17. The highest BCUT2D eigenvalue weighted by Crippen LogP contribution is 2.19. The van der Waals surface area contributed by atoms with Gasteiger partial charge < -0.3 is 10.6 Å². The van der Waals surface area contributed by atoms with Crippen molar-refractivity contribution in [1.82, 2.24) is 10.7 Å². The Morgan fingerprint density at radius 2 is 2.17 bits per heavy atom. The maximum Gasteiger partial charge on any atom is 0.123 e. The Kier molecular flexibility index (Phi) is 7.65. The largest absolute Gasteiger partial charge is 0.359 e. The fraction of sp³-hybridized carbons (Fsp3) is 0.444. The van der Waals surface area contributed by atoms with Crippen LogP contribution in [0, 0.1) is 5.82 Å². The quantitative estimate of drug-likeness (QED) is 0.217. The number of nitrogens with zero attached hydrogens (tertiary/aromatic N) is 1. The molecule has 5 N–H and O–H groups in total. The van der Waals surface area contributed by atoms with Crippen molar-refractivity contribution in [1.29, 1.82) is 0 Å². The van der Waals surface area contributed by atoms with Crippen molar-refractivity contribution < 1.29 is 4.39 Å². The van der Waals surface area contributed by atoms with Crippen LogP contribution in [0.3, 0.4) is 0 Å². The van der Waals surface area contributed by atoms with Gasteiger partial charge in [0.25, 0.3) is 0 Å². The fourth-order valence-electron chi connectivity index (χ4n) is 2.32. The molecule has 0 radical (unpaired) electrons. The molecule has 0 aliphatic heterocycles. The number of halogens is 1. The average Bonchev–Trinajstić information content (AvgIpc) is 3.41. The molecule has 1 saturated carbocycles. The summed E-state index contributed by atoms with van der Waals surface area (Å²) < 4.78 is 13.1. The van der Waals surface area contributed by atoms with E-state index in [1.54, 1.807) is 12.1 Å². The van der Waals surface area contributed by atoms with Gasteiger partial charge in [-0.05, 0) is 68.5 Å². The molecule has 1 aliphatic carbocycles. The second-order valence-electron chi connectivity index (χ2n) is 5.92. The Morgan fingerprint density at radius 1 is 1.42 bits per heavy atom. The topological polar surface area (TPSA) is 74.5 Å². The molecule has 24 heavy (non-hydrogen) atoms. The van der Waals surface area contributed by atoms with Crippen LogP contribution >= 0.6 is 0 Å². The van der Waals surface area contributed by atoms with E-state index in [0.717, 1.165) is 30.8 Å². The van der Waals surface area contributed by atoms with E-state index in [2.05, 4.69) is 39.6 Å². The zero-order valence-electron chi connectivity index (χ0n) is 13.9. The van der Waals surface area contributed by atoms with Crippen LogP contribution in [0.1, 0.15) is 25.7 Å². The van der Waals surface area contributed by atoms with E-state index in [-0.39, 0.29) is 11.9 Å². The van der Waals surface area contributed by atoms with Crippen LogP contribution in [-0.4, -0.2) is 31.0 Å². The highest BCUT2D eigenvalue weighted by molar-refractivity contribution is 5.48. The van der Waals surface area contributed by atoms with Crippen LogP contribution in [0.25, 0.3) is 0 Å². The van der Waals surface area contributed by atoms with Gasteiger partial charge in [-0.15, -0.1) is 0 Å². The summed E-state index contributed by atoms with van der Waals surface area (Å²) >= 11 is 0. The molecule has 1 aromatic carbocycles. The molecule has 1 fully saturated rings. The van der Waals surface area contributed by atoms with Crippen molar-refractivity contribution >= 4 is 11.6 Å². The molecule has 1 atom stereocenters. The summed E-state index contributed by atoms with van der Waals surface area (Å²) in [6, 6.07) is 6.97. The van der Waals surface area contributed by atoms with Gasteiger partial charge in [0.05, 0.1) is 6.04 Å². The van der Waals surface area contributed by atoms with Gasteiger partial charge in [0.15, 0.2) is 0 Å². The van der Waals surface area contributed by atoms with Gasteiger partial charge >= 0.3 is 0 Å². The van der Waals surface area contributed by atoms with Gasteiger partial charge in [-0.2, -0.15) is 0 Å². The summed E-state index contributed by atoms with van der Waals surface area (Å²) in [5.41, 5.74) is 4.70. The van der Waals surface area contributed by atoms with Gasteiger partial charge in [-0.25, -0.2) is 9.38 Å². The molecule has 0 heterocycles. The summed E-state index contributed by atoms with van der Waals surface area (Å²) in [6.07, 6.45) is 6.24. The van der Waals surface area contributed by atoms with Crippen molar-refractivity contribution in [3.05, 3.63) is 48.4 Å². The van der Waals surface area contributed by atoms with Crippen molar-refractivity contribution in [2.45, 2.75) is 37.8 Å². The molecule has 130 valence electrons. The number of allylic oxidation sites excluding steroid dienone is 1. The van der Waals surface area contributed by atoms with E-state index in [9.17, 15) is 4.39 Å². The molecule has 0 spiro atoms. The number of nitrogens with one attached hydrogen (secondary N) is 3. The highest BCUT2D eigenvalue weighted by Gasteiger charge is 2.21. The van der Waals surface area contributed by atoms with Crippen LogP contribution < -0.4 is 21.9 Å². The van der Waals surface area contributed by atoms with E-state index in [0.29, 0.717) is 12.6 Å². The van der Waals surface area contributed by atoms with Crippen LogP contribution in [0.5, 0.6) is 0 Å². The average molecular weight is 331 g/mol. The number of anilines is 1. The first-order chi connectivity index (χ1) is 11.7. The Hall–Kier alpha value is -1.98. The van der Waals surface area contributed by atoms with Gasteiger partial charge in [0.1, 0.15) is 5.82 Å². The molecular formula is C18H26FN5. The summed E-state index contributed by atoms with van der Waals surface area (Å²) in [5, 5.41) is 6.80. The van der Waals surface area contributed by atoms with Crippen LogP contribution in [-0.2, 0) is 0 Å². The summed E-state index contributed by atoms with van der Waals surface area (Å²) in [7, 11) is 0. The summed E-state index contributed by atoms with van der Waals surface area (Å²) in [6.45, 7) is 4.92. The van der Waals surface area contributed by atoms with E-state index in [4.69, 9.17) is 5.84 Å². The monoisotopic (exact) mass is 331 g/mol. The smallest absolute Gasteiger partial charge is 0.123 e. The normalized spacial score (nSPS) is 15.7. The molecule has 0 saturated heterocycles. The number of nitrogens with two attached hydrogens (primary N) is 1. The van der Waals surface area contributed by atoms with E-state index < -0.39 is 0 Å². The van der Waals surface area contributed by atoms with Crippen molar-refractivity contribution in [3.8, 4) is 0 Å². The number of aliphatic imine (C=N–C) groups is 1. The maximum absolute atomic E-state index is 13.1. The second kappa shape index (κ2) is 10.0. The molecule has 0 bridgehead atoms. The van der Waals surface area contributed by atoms with Gasteiger partial charge in [0, 0.05) is 30.5 Å². The Bertz CT molecular complexity index is 574. The minimum Gasteiger partial charge on any atom is -0.359 e. The van der Waals surface area contributed by atoms with Crippen molar-refractivity contribution in [2.75, 3.05) is 18.4 Å². The Morgan fingerprint density at radius 3 is 2.79 bits per heavy atom. The molecule has 0 amide bonds. The van der Waals surface area contributed by atoms with Gasteiger partial charge in [0.2, 0.25) is 0 Å². The first kappa shape index (κ1) is 18.4. The van der Waals surface area contributed by atoms with Crippen molar-refractivity contribution in [2.24, 2.45) is 10.8 Å².